The number of carbonyl (C=O) groups is 8. The van der Waals surface area contributed by atoms with Crippen LogP contribution in [0.3, 0.4) is 0 Å². The van der Waals surface area contributed by atoms with E-state index < -0.39 is 51.4 Å². The predicted octanol–water partition coefficient (Wildman–Crippen LogP) is 5.56. The number of amides is 3. The van der Waals surface area contributed by atoms with Gasteiger partial charge in [0.05, 0.1) is 22.9 Å². The number of ketones is 3. The first-order valence-corrected chi connectivity index (χ1v) is 34.4. The van der Waals surface area contributed by atoms with Crippen molar-refractivity contribution in [2.24, 2.45) is 0 Å². The number of carbonyl (C=O) groups excluding carboxylic acids is 6. The van der Waals surface area contributed by atoms with Gasteiger partial charge in [-0.25, -0.2) is 48.7 Å². The van der Waals surface area contributed by atoms with Gasteiger partial charge in [-0.15, -0.1) is 0 Å². The third-order valence-electron chi connectivity index (χ3n) is 16.2. The van der Waals surface area contributed by atoms with Gasteiger partial charge in [0.25, 0.3) is 11.1 Å². The molecule has 0 saturated carbocycles. The van der Waals surface area contributed by atoms with Crippen LogP contribution in [0.25, 0.3) is 0 Å². The fourth-order valence-corrected chi connectivity index (χ4v) is 10.9. The van der Waals surface area contributed by atoms with Gasteiger partial charge in [-0.1, -0.05) is 32.4 Å². The first-order valence-electron chi connectivity index (χ1n) is 33.7. The molecule has 0 bridgehead atoms. The number of aromatic carboxylic acids is 2. The summed E-state index contributed by atoms with van der Waals surface area (Å²) in [5.74, 6) is -2.11. The number of anilines is 8. The Morgan fingerprint density at radius 1 is 0.439 bits per heavy atom. The number of H-pyrrole nitrogens is 6. The molecular weight excluding hydrogens is 1430 g/mol. The Labute approximate surface area is 620 Å². The Morgan fingerprint density at radius 2 is 0.766 bits per heavy atom. The number of halogens is 2. The van der Waals surface area contributed by atoms with Crippen molar-refractivity contribution in [3.63, 3.8) is 0 Å². The summed E-state index contributed by atoms with van der Waals surface area (Å²) in [5, 5.41) is 23.7. The average molecular weight is 1520 g/mol. The molecule has 0 spiro atoms. The summed E-state index contributed by atoms with van der Waals surface area (Å²) in [6.45, 7) is 19.8. The Bertz CT molecular complexity index is 4770. The van der Waals surface area contributed by atoms with E-state index in [4.69, 9.17) is 34.0 Å². The molecule has 3 saturated heterocycles. The van der Waals surface area contributed by atoms with Crippen molar-refractivity contribution < 1.29 is 48.6 Å². The lowest BCUT2D eigenvalue weighted by Gasteiger charge is -2.35. The van der Waals surface area contributed by atoms with E-state index in [2.05, 4.69) is 60.2 Å². The highest BCUT2D eigenvalue weighted by molar-refractivity contribution is 6.34. The molecule has 568 valence electrons. The van der Waals surface area contributed by atoms with Crippen LogP contribution in [-0.2, 0) is 14.4 Å². The number of hydrogen-bond acceptors (Lipinski definition) is 24. The highest BCUT2D eigenvalue weighted by Crippen LogP contribution is 2.26. The number of Topliss-reactive ketones (excluding diaryl/α,β-unsaturated/α-hetero) is 3. The van der Waals surface area contributed by atoms with Crippen LogP contribution in [0.5, 0.6) is 0 Å². The molecule has 3 aromatic carbocycles. The number of nitrogen functional groups attached to an aromatic ring is 1. The number of aromatic nitrogens is 10. The summed E-state index contributed by atoms with van der Waals surface area (Å²) in [6, 6.07) is 23.1. The minimum absolute atomic E-state index is 0.0152. The van der Waals surface area contributed by atoms with Gasteiger partial charge >= 0.3 is 34.7 Å². The number of carboxylic acid groups (broad SMARTS) is 2. The summed E-state index contributed by atoms with van der Waals surface area (Å²) in [5.41, 5.74) is 7.25. The maximum atomic E-state index is 12.3. The SMILES string of the molecule is CC(=O)N1CCN(c2ccc(N)cc2)CC1.CC(=O)N1CCN(c2ccc(Nc3[nH]c(=O)ncc3C(=O)O)cc2)CC1.CCCC(=O)c1c[nH]c(=O)[nH]c1=O.CCCC(=O)c1cnc(=O)[nH]c1Nc1ccc(N2CCN(C(C)=O)CC2)cc1.CCCC(=O)c1cnc(Cl)nc1Cl.O=C(O)c1c[nH]c(=O)[nH]c1=O. The molecule has 8 heterocycles. The lowest BCUT2D eigenvalue weighted by atomic mass is 10.1. The summed E-state index contributed by atoms with van der Waals surface area (Å²) in [6.07, 6.45) is 9.04. The van der Waals surface area contributed by atoms with Gasteiger partial charge in [-0.2, -0.15) is 0 Å². The second-order valence-electron chi connectivity index (χ2n) is 23.8. The zero-order valence-corrected chi connectivity index (χ0v) is 61.0. The van der Waals surface area contributed by atoms with E-state index in [-0.39, 0.29) is 62.5 Å². The van der Waals surface area contributed by atoms with E-state index in [1.807, 2.05) is 106 Å². The third-order valence-corrected chi connectivity index (χ3v) is 16.7. The highest BCUT2D eigenvalue weighted by Gasteiger charge is 2.23. The van der Waals surface area contributed by atoms with Crippen molar-refractivity contribution in [1.29, 1.82) is 0 Å². The summed E-state index contributed by atoms with van der Waals surface area (Å²) in [4.78, 5) is 196. The Morgan fingerprint density at radius 3 is 1.11 bits per heavy atom. The molecule has 3 amide bonds. The topological polar surface area (TPSA) is 495 Å². The normalized spacial score (nSPS) is 13.0. The van der Waals surface area contributed by atoms with Crippen molar-refractivity contribution in [2.45, 2.75) is 80.1 Å². The maximum absolute atomic E-state index is 12.3. The van der Waals surface area contributed by atoms with Crippen LogP contribution in [0.2, 0.25) is 10.4 Å². The summed E-state index contributed by atoms with van der Waals surface area (Å²) >= 11 is 11.2. The van der Waals surface area contributed by atoms with Crippen molar-refractivity contribution in [3.05, 3.63) is 205 Å². The number of nitrogens with one attached hydrogen (secondary N) is 8. The smallest absolute Gasteiger partial charge is 0.346 e. The molecule has 3 fully saturated rings. The first kappa shape index (κ1) is 83.5. The van der Waals surface area contributed by atoms with Crippen LogP contribution in [0, 0.1) is 0 Å². The molecular formula is C70H83Cl2N19O16. The molecule has 37 heteroatoms. The number of piperazine rings is 3. The van der Waals surface area contributed by atoms with E-state index in [9.17, 15) is 72.2 Å². The van der Waals surface area contributed by atoms with Crippen LogP contribution < -0.4 is 64.9 Å². The largest absolute Gasteiger partial charge is 0.478 e. The molecule has 3 aliphatic heterocycles. The van der Waals surface area contributed by atoms with Gasteiger partial charge in [-0.05, 0) is 104 Å². The standard InChI is InChI=1S/C20H25N5O3.C17H19N5O4.C12H17N3O.C8H8Cl2N2O.C8H10N2O3.C5H4N2O4/c1-3-4-18(27)17-13-21-20(28)23-19(17)22-15-5-7-16(8-6-15)25-11-9-24(10-12-25)14(2)26;1-11(23)21-6-8-22(9-7-21)13-4-2-12(3-5-13)19-15-14(16(24)25)10-18-17(26)20-15;1-10(16)14-6-8-15(9-7-14)12-4-2-11(13)3-5-12;1-2-3-6(13)5-4-11-8(10)12-7(5)9;1-2-3-6(11)5-4-9-8(13)10-7(5)12;8-3-2(4(9)10)1-6-5(11)7-3/h5-8,13H,3-4,9-12H2,1-2H3,(H2,21,22,23,28);2-5,10H,6-9H2,1H3,(H,24,25)(H2,18,19,20,26);2-5H,6-9,13H2,1H3;4H,2-3H2,1H3;4H,2-3H2,1H3,(H2,9,10,12,13);1H,(H,9,10)(H2,6,7,8,11). The van der Waals surface area contributed by atoms with Crippen molar-refractivity contribution in [3.8, 4) is 0 Å². The molecule has 5 aromatic heterocycles. The molecule has 107 heavy (non-hydrogen) atoms. The Kier molecular flexibility index (Phi) is 32.2. The molecule has 0 aliphatic carbocycles. The molecule has 0 unspecified atom stereocenters. The molecule has 0 atom stereocenters. The van der Waals surface area contributed by atoms with Gasteiger partial charge in [0.1, 0.15) is 27.9 Å². The molecule has 3 aliphatic rings. The van der Waals surface area contributed by atoms with E-state index in [0.29, 0.717) is 61.4 Å². The highest BCUT2D eigenvalue weighted by atomic mass is 35.5. The molecule has 8 aromatic rings. The zero-order chi connectivity index (χ0) is 78.4. The number of nitrogens with two attached hydrogens (primary N) is 1. The Hall–Kier alpha value is -12.4. The number of hydrogen-bond donors (Lipinski definition) is 11. The summed E-state index contributed by atoms with van der Waals surface area (Å²) < 4.78 is 0. The lowest BCUT2D eigenvalue weighted by Crippen LogP contribution is -2.48. The van der Waals surface area contributed by atoms with Crippen LogP contribution in [0.1, 0.15) is 132 Å². The van der Waals surface area contributed by atoms with Crippen molar-refractivity contribution >= 4 is 116 Å². The van der Waals surface area contributed by atoms with E-state index in [1.54, 1.807) is 37.9 Å². The van der Waals surface area contributed by atoms with E-state index >= 15 is 0 Å². The number of rotatable bonds is 18. The quantitative estimate of drug-likeness (QED) is 0.0217. The first-order chi connectivity index (χ1) is 51.0. The predicted molar refractivity (Wildman–Crippen MR) is 402 cm³/mol. The molecule has 35 nitrogen and oxygen atoms in total. The van der Waals surface area contributed by atoms with Crippen molar-refractivity contribution in [2.75, 3.05) is 110 Å². The number of aromatic amines is 6. The fraction of sp³-hybridized carbons (Fsp3) is 0.343. The van der Waals surface area contributed by atoms with E-state index in [0.717, 1.165) is 120 Å². The fourth-order valence-electron chi connectivity index (χ4n) is 10.5. The van der Waals surface area contributed by atoms with Crippen LogP contribution in [0.4, 0.5) is 45.8 Å². The van der Waals surface area contributed by atoms with Crippen LogP contribution in [-0.4, -0.2) is 200 Å². The van der Waals surface area contributed by atoms with Crippen molar-refractivity contribution in [1.82, 2.24) is 64.5 Å². The van der Waals surface area contributed by atoms with Gasteiger partial charge in [0.2, 0.25) is 23.0 Å². The van der Waals surface area contributed by atoms with Gasteiger partial charge in [-0.3, -0.25) is 58.3 Å². The van der Waals surface area contributed by atoms with Gasteiger partial charge < -0.3 is 65.9 Å². The lowest BCUT2D eigenvalue weighted by molar-refractivity contribution is -0.129. The Balaban J connectivity index is 0.000000209. The van der Waals surface area contributed by atoms with E-state index in [1.165, 1.54) is 18.1 Å². The molecule has 0 radical (unpaired) electrons. The number of benzene rings is 3. The number of carboxylic acids is 2. The zero-order valence-electron chi connectivity index (χ0n) is 59.5. The molecule has 12 N–H and O–H groups in total. The molecule has 11 rings (SSSR count). The summed E-state index contributed by atoms with van der Waals surface area (Å²) in [7, 11) is 0. The minimum Gasteiger partial charge on any atom is -0.478 e. The van der Waals surface area contributed by atoms with Gasteiger partial charge in [0, 0.05) is 177 Å². The maximum Gasteiger partial charge on any atom is 0.346 e. The van der Waals surface area contributed by atoms with Gasteiger partial charge in [0.15, 0.2) is 17.3 Å². The number of nitrogens with zero attached hydrogens (tertiary/aromatic N) is 10. The van der Waals surface area contributed by atoms with Crippen LogP contribution in [0.15, 0.2) is 133 Å². The van der Waals surface area contributed by atoms with Crippen LogP contribution >= 0.6 is 23.2 Å². The second-order valence-corrected chi connectivity index (χ2v) is 24.5. The average Bonchev–Trinajstić information content (AvgIpc) is 0.850. The second kappa shape index (κ2) is 41.2. The monoisotopic (exact) mass is 1520 g/mol. The third kappa shape index (κ3) is 26.1. The minimum atomic E-state index is -1.37.